The Morgan fingerprint density at radius 2 is 2.00 bits per heavy atom. The summed E-state index contributed by atoms with van der Waals surface area (Å²) in [5.41, 5.74) is 4.78. The number of hydrogen-bond acceptors (Lipinski definition) is 4. The number of anilines is 1. The quantitative estimate of drug-likeness (QED) is 0.657. The number of hydrogen-bond donors (Lipinski definition) is 1. The molecule has 5 nitrogen and oxygen atoms in total. The van der Waals surface area contributed by atoms with Crippen LogP contribution in [0.2, 0.25) is 0 Å². The molecule has 0 bridgehead atoms. The molecule has 1 saturated carbocycles. The van der Waals surface area contributed by atoms with Crippen molar-refractivity contribution in [1.29, 1.82) is 0 Å². The number of nitrogens with two attached hydrogens (primary N) is 1. The van der Waals surface area contributed by atoms with Gasteiger partial charge in [0.15, 0.2) is 11.6 Å². The van der Waals surface area contributed by atoms with Gasteiger partial charge in [0.25, 0.3) is 5.69 Å². The zero-order valence-electron chi connectivity index (χ0n) is 10.5. The van der Waals surface area contributed by atoms with E-state index in [-0.39, 0.29) is 18.3 Å². The fourth-order valence-corrected chi connectivity index (χ4v) is 2.31. The van der Waals surface area contributed by atoms with E-state index in [1.54, 1.807) is 7.05 Å². The van der Waals surface area contributed by atoms with Gasteiger partial charge in [-0.15, -0.1) is 0 Å². The molecule has 1 aliphatic rings. The second kappa shape index (κ2) is 5.08. The van der Waals surface area contributed by atoms with Crippen LogP contribution in [0.1, 0.15) is 12.8 Å². The number of benzene rings is 1. The Kier molecular flexibility index (Phi) is 3.66. The minimum absolute atomic E-state index is 0.148. The van der Waals surface area contributed by atoms with E-state index >= 15 is 0 Å². The van der Waals surface area contributed by atoms with Crippen LogP contribution < -0.4 is 10.6 Å². The second-order valence-corrected chi connectivity index (χ2v) is 4.77. The van der Waals surface area contributed by atoms with Crippen molar-refractivity contribution in [1.82, 2.24) is 0 Å². The lowest BCUT2D eigenvalue weighted by Crippen LogP contribution is -2.40. The maximum absolute atomic E-state index is 13.9. The first-order valence-electron chi connectivity index (χ1n) is 6.02. The standard InChI is InChI=1S/C12H15F2N3O2/c1-16(11(6-15)7-2-3-7)12-9(13)4-8(17(18)19)5-10(12)14/h4-5,7,11H,2-3,6,15H2,1H3. The largest absolute Gasteiger partial charge is 0.365 e. The van der Waals surface area contributed by atoms with Gasteiger partial charge in [-0.3, -0.25) is 10.1 Å². The molecule has 2 rings (SSSR count). The number of non-ortho nitro benzene ring substituents is 1. The summed E-state index contributed by atoms with van der Waals surface area (Å²) in [7, 11) is 1.56. The molecule has 1 unspecified atom stereocenters. The van der Waals surface area contributed by atoms with E-state index in [0.29, 0.717) is 5.92 Å². The van der Waals surface area contributed by atoms with Crippen molar-refractivity contribution in [3.05, 3.63) is 33.9 Å². The van der Waals surface area contributed by atoms with Gasteiger partial charge in [-0.2, -0.15) is 0 Å². The van der Waals surface area contributed by atoms with E-state index in [9.17, 15) is 18.9 Å². The monoisotopic (exact) mass is 271 g/mol. The van der Waals surface area contributed by atoms with E-state index in [4.69, 9.17) is 5.73 Å². The molecule has 0 spiro atoms. The summed E-state index contributed by atoms with van der Waals surface area (Å²) in [5, 5.41) is 10.5. The summed E-state index contributed by atoms with van der Waals surface area (Å²) in [4.78, 5) is 11.2. The van der Waals surface area contributed by atoms with Crippen LogP contribution >= 0.6 is 0 Å². The Labute approximate surface area is 109 Å². The van der Waals surface area contributed by atoms with E-state index in [1.165, 1.54) is 4.90 Å². The van der Waals surface area contributed by atoms with Crippen LogP contribution in [0.5, 0.6) is 0 Å². The summed E-state index contributed by atoms with van der Waals surface area (Å²) < 4.78 is 27.8. The predicted molar refractivity (Wildman–Crippen MR) is 67.0 cm³/mol. The fraction of sp³-hybridized carbons (Fsp3) is 0.500. The van der Waals surface area contributed by atoms with Crippen LogP contribution in [0, 0.1) is 27.7 Å². The summed E-state index contributed by atoms with van der Waals surface area (Å²) in [6.45, 7) is 0.289. The lowest BCUT2D eigenvalue weighted by atomic mass is 10.1. The maximum atomic E-state index is 13.9. The van der Waals surface area contributed by atoms with Crippen molar-refractivity contribution in [3.8, 4) is 0 Å². The van der Waals surface area contributed by atoms with Crippen molar-refractivity contribution in [2.24, 2.45) is 11.7 Å². The number of halogens is 2. The van der Waals surface area contributed by atoms with E-state index in [1.807, 2.05) is 0 Å². The van der Waals surface area contributed by atoms with E-state index in [0.717, 1.165) is 25.0 Å². The minimum Gasteiger partial charge on any atom is -0.365 e. The van der Waals surface area contributed by atoms with Crippen LogP contribution in [-0.4, -0.2) is 24.6 Å². The average molecular weight is 271 g/mol. The molecule has 1 aliphatic carbocycles. The molecule has 1 aromatic carbocycles. The molecule has 7 heteroatoms. The lowest BCUT2D eigenvalue weighted by molar-refractivity contribution is -0.385. The highest BCUT2D eigenvalue weighted by molar-refractivity contribution is 5.54. The molecule has 0 aromatic heterocycles. The Morgan fingerprint density at radius 1 is 1.47 bits per heavy atom. The number of likely N-dealkylation sites (N-methyl/N-ethyl adjacent to an activating group) is 1. The van der Waals surface area contributed by atoms with Gasteiger partial charge in [0.2, 0.25) is 0 Å². The molecule has 0 heterocycles. The van der Waals surface area contributed by atoms with Crippen LogP contribution in [0.15, 0.2) is 12.1 Å². The average Bonchev–Trinajstić information content (AvgIpc) is 3.13. The Morgan fingerprint density at radius 3 is 2.37 bits per heavy atom. The van der Waals surface area contributed by atoms with Gasteiger partial charge in [0, 0.05) is 19.6 Å². The van der Waals surface area contributed by atoms with Crippen molar-refractivity contribution in [3.63, 3.8) is 0 Å². The van der Waals surface area contributed by atoms with E-state index in [2.05, 4.69) is 0 Å². The van der Waals surface area contributed by atoms with Gasteiger partial charge in [-0.05, 0) is 18.8 Å². The third kappa shape index (κ3) is 2.65. The van der Waals surface area contributed by atoms with Crippen LogP contribution in [0.25, 0.3) is 0 Å². The first-order valence-corrected chi connectivity index (χ1v) is 6.02. The number of nitrogens with zero attached hydrogens (tertiary/aromatic N) is 2. The van der Waals surface area contributed by atoms with E-state index < -0.39 is 22.2 Å². The van der Waals surface area contributed by atoms with Gasteiger partial charge in [0.05, 0.1) is 17.1 Å². The highest BCUT2D eigenvalue weighted by Gasteiger charge is 2.35. The topological polar surface area (TPSA) is 72.4 Å². The van der Waals surface area contributed by atoms with Crippen molar-refractivity contribution in [2.45, 2.75) is 18.9 Å². The summed E-state index contributed by atoms with van der Waals surface area (Å²) in [6.07, 6.45) is 1.98. The first kappa shape index (κ1) is 13.7. The molecule has 2 N–H and O–H groups in total. The molecule has 0 amide bonds. The maximum Gasteiger partial charge on any atom is 0.275 e. The zero-order valence-corrected chi connectivity index (χ0v) is 10.5. The number of nitro benzene ring substituents is 1. The normalized spacial score (nSPS) is 16.2. The summed E-state index contributed by atoms with van der Waals surface area (Å²) in [5.74, 6) is -1.54. The zero-order chi connectivity index (χ0) is 14.2. The minimum atomic E-state index is -0.937. The molecule has 19 heavy (non-hydrogen) atoms. The Balaban J connectivity index is 2.35. The summed E-state index contributed by atoms with van der Waals surface area (Å²) >= 11 is 0. The molecular formula is C12H15F2N3O2. The lowest BCUT2D eigenvalue weighted by Gasteiger charge is -2.29. The van der Waals surface area contributed by atoms with Gasteiger partial charge in [0.1, 0.15) is 5.69 Å². The predicted octanol–water partition coefficient (Wildman–Crippen LogP) is 2.05. The van der Waals surface area contributed by atoms with Gasteiger partial charge in [-0.25, -0.2) is 8.78 Å². The molecule has 0 radical (unpaired) electrons. The third-order valence-corrected chi connectivity index (χ3v) is 3.47. The first-order chi connectivity index (χ1) is 8.95. The van der Waals surface area contributed by atoms with Crippen molar-refractivity contribution in [2.75, 3.05) is 18.5 Å². The van der Waals surface area contributed by atoms with Gasteiger partial charge in [-0.1, -0.05) is 0 Å². The molecule has 1 aromatic rings. The molecule has 0 aliphatic heterocycles. The molecule has 0 saturated heterocycles. The second-order valence-electron chi connectivity index (χ2n) is 4.77. The van der Waals surface area contributed by atoms with Crippen molar-refractivity contribution < 1.29 is 13.7 Å². The van der Waals surface area contributed by atoms with Gasteiger partial charge >= 0.3 is 0 Å². The SMILES string of the molecule is CN(c1c(F)cc([N+](=O)[O-])cc1F)C(CN)C1CC1. The van der Waals surface area contributed by atoms with Crippen LogP contribution in [-0.2, 0) is 0 Å². The van der Waals surface area contributed by atoms with Crippen molar-refractivity contribution >= 4 is 11.4 Å². The number of nitro groups is 1. The van der Waals surface area contributed by atoms with Crippen LogP contribution in [0.4, 0.5) is 20.2 Å². The highest BCUT2D eigenvalue weighted by atomic mass is 19.1. The third-order valence-electron chi connectivity index (χ3n) is 3.47. The molecule has 1 atom stereocenters. The molecule has 104 valence electrons. The number of rotatable bonds is 5. The summed E-state index contributed by atoms with van der Waals surface area (Å²) in [6, 6.07) is 1.32. The molecular weight excluding hydrogens is 256 g/mol. The fourth-order valence-electron chi connectivity index (χ4n) is 2.31. The van der Waals surface area contributed by atoms with Gasteiger partial charge < -0.3 is 10.6 Å². The smallest absolute Gasteiger partial charge is 0.275 e. The highest BCUT2D eigenvalue weighted by Crippen LogP contribution is 2.38. The Hall–Kier alpha value is -1.76. The molecule has 1 fully saturated rings. The van der Waals surface area contributed by atoms with Crippen LogP contribution in [0.3, 0.4) is 0 Å². The Bertz CT molecular complexity index is 483.